The van der Waals surface area contributed by atoms with E-state index in [1.165, 1.54) is 0 Å². The molecule has 0 amide bonds. The fourth-order valence-electron chi connectivity index (χ4n) is 2.78. The standard InChI is InChI=1S/C22H26N4O2S.HI/c1-4-23-22(26-17-10-11-19(27-2)20(14-17)28-3)24-13-12-18-15-29-21(25-18)16-8-6-5-7-9-16;/h5-11,14-15H,4,12-13H2,1-3H3,(H2,23,24,26);1H. The van der Waals surface area contributed by atoms with Crippen molar-refractivity contribution in [3.63, 3.8) is 0 Å². The van der Waals surface area contributed by atoms with Crippen molar-refractivity contribution in [1.82, 2.24) is 10.3 Å². The van der Waals surface area contributed by atoms with Crippen molar-refractivity contribution in [2.75, 3.05) is 32.6 Å². The second-order valence-corrected chi connectivity index (χ2v) is 7.07. The minimum absolute atomic E-state index is 0. The van der Waals surface area contributed by atoms with Gasteiger partial charge in [-0.05, 0) is 19.1 Å². The van der Waals surface area contributed by atoms with E-state index in [9.17, 15) is 0 Å². The highest BCUT2D eigenvalue weighted by Crippen LogP contribution is 2.29. The van der Waals surface area contributed by atoms with Crippen LogP contribution in [-0.2, 0) is 6.42 Å². The Morgan fingerprint density at radius 3 is 2.53 bits per heavy atom. The van der Waals surface area contributed by atoms with Crippen LogP contribution in [0, 0.1) is 0 Å². The summed E-state index contributed by atoms with van der Waals surface area (Å²) in [4.78, 5) is 9.40. The van der Waals surface area contributed by atoms with Gasteiger partial charge in [0.15, 0.2) is 17.5 Å². The predicted molar refractivity (Wildman–Crippen MR) is 136 cm³/mol. The number of halogens is 1. The van der Waals surface area contributed by atoms with Gasteiger partial charge < -0.3 is 20.1 Å². The molecule has 0 fully saturated rings. The Hall–Kier alpha value is -2.33. The molecule has 1 aromatic heterocycles. The van der Waals surface area contributed by atoms with Gasteiger partial charge in [0.05, 0.1) is 19.9 Å². The Bertz CT molecular complexity index is 947. The number of rotatable bonds is 8. The number of benzene rings is 2. The lowest BCUT2D eigenvalue weighted by atomic mass is 10.2. The maximum Gasteiger partial charge on any atom is 0.195 e. The van der Waals surface area contributed by atoms with E-state index in [4.69, 9.17) is 14.5 Å². The summed E-state index contributed by atoms with van der Waals surface area (Å²) in [5.41, 5.74) is 3.08. The van der Waals surface area contributed by atoms with Gasteiger partial charge in [-0.1, -0.05) is 30.3 Å². The second-order valence-electron chi connectivity index (χ2n) is 6.22. The third kappa shape index (κ3) is 6.60. The van der Waals surface area contributed by atoms with Gasteiger partial charge in [-0.15, -0.1) is 35.3 Å². The summed E-state index contributed by atoms with van der Waals surface area (Å²) in [7, 11) is 3.25. The molecule has 6 nitrogen and oxygen atoms in total. The molecule has 0 aliphatic carbocycles. The Balaban J connectivity index is 0.00000320. The van der Waals surface area contributed by atoms with Crippen LogP contribution in [0.3, 0.4) is 0 Å². The molecule has 3 aromatic rings. The van der Waals surface area contributed by atoms with E-state index in [-0.39, 0.29) is 24.0 Å². The number of nitrogens with zero attached hydrogens (tertiary/aromatic N) is 2. The van der Waals surface area contributed by atoms with E-state index in [2.05, 4.69) is 33.1 Å². The molecule has 0 aliphatic rings. The monoisotopic (exact) mass is 538 g/mol. The molecule has 8 heteroatoms. The van der Waals surface area contributed by atoms with Crippen LogP contribution in [0.4, 0.5) is 5.69 Å². The molecule has 0 radical (unpaired) electrons. The highest BCUT2D eigenvalue weighted by Gasteiger charge is 2.07. The van der Waals surface area contributed by atoms with E-state index in [0.29, 0.717) is 18.0 Å². The number of aromatic nitrogens is 1. The molecular formula is C22H27IN4O2S. The van der Waals surface area contributed by atoms with Crippen molar-refractivity contribution in [3.05, 3.63) is 59.6 Å². The zero-order chi connectivity index (χ0) is 20.5. The molecule has 0 aliphatic heterocycles. The van der Waals surface area contributed by atoms with Crippen LogP contribution in [0.15, 0.2) is 58.9 Å². The van der Waals surface area contributed by atoms with Gasteiger partial charge in [-0.2, -0.15) is 0 Å². The molecule has 0 saturated heterocycles. The Morgan fingerprint density at radius 2 is 1.83 bits per heavy atom. The van der Waals surface area contributed by atoms with Crippen LogP contribution < -0.4 is 20.1 Å². The van der Waals surface area contributed by atoms with Crippen molar-refractivity contribution >= 4 is 47.0 Å². The number of aliphatic imine (C=N–C) groups is 1. The fraction of sp³-hybridized carbons (Fsp3) is 0.273. The molecule has 0 spiro atoms. The van der Waals surface area contributed by atoms with Gasteiger partial charge in [-0.3, -0.25) is 4.99 Å². The molecule has 0 unspecified atom stereocenters. The van der Waals surface area contributed by atoms with E-state index in [1.54, 1.807) is 25.6 Å². The lowest BCUT2D eigenvalue weighted by Crippen LogP contribution is -2.30. The van der Waals surface area contributed by atoms with Crippen LogP contribution in [0.2, 0.25) is 0 Å². The molecule has 3 rings (SSSR count). The molecule has 160 valence electrons. The molecule has 0 saturated carbocycles. The lowest BCUT2D eigenvalue weighted by Gasteiger charge is -2.13. The first kappa shape index (κ1) is 23.9. The Kier molecular flexibility index (Phi) is 9.88. The van der Waals surface area contributed by atoms with E-state index < -0.39 is 0 Å². The number of thiazole rings is 1. The van der Waals surface area contributed by atoms with E-state index in [0.717, 1.165) is 40.9 Å². The Labute approximate surface area is 198 Å². The average Bonchev–Trinajstić information content (AvgIpc) is 3.23. The Morgan fingerprint density at radius 1 is 1.07 bits per heavy atom. The first-order valence-electron chi connectivity index (χ1n) is 9.50. The number of guanidine groups is 1. The van der Waals surface area contributed by atoms with Gasteiger partial charge in [0.2, 0.25) is 0 Å². The normalized spacial score (nSPS) is 10.8. The number of hydrogen-bond acceptors (Lipinski definition) is 5. The molecule has 1 heterocycles. The van der Waals surface area contributed by atoms with Crippen LogP contribution in [-0.4, -0.2) is 38.3 Å². The average molecular weight is 538 g/mol. The quantitative estimate of drug-likeness (QED) is 0.238. The van der Waals surface area contributed by atoms with Gasteiger partial charge >= 0.3 is 0 Å². The number of ether oxygens (including phenoxy) is 2. The minimum Gasteiger partial charge on any atom is -0.493 e. The number of methoxy groups -OCH3 is 2. The molecule has 0 bridgehead atoms. The number of hydrogen-bond donors (Lipinski definition) is 2. The largest absolute Gasteiger partial charge is 0.493 e. The van der Waals surface area contributed by atoms with Crippen LogP contribution >= 0.6 is 35.3 Å². The third-order valence-electron chi connectivity index (χ3n) is 4.20. The molecule has 30 heavy (non-hydrogen) atoms. The van der Waals surface area contributed by atoms with Crippen molar-refractivity contribution in [1.29, 1.82) is 0 Å². The van der Waals surface area contributed by atoms with Crippen molar-refractivity contribution in [2.24, 2.45) is 4.99 Å². The van der Waals surface area contributed by atoms with E-state index >= 15 is 0 Å². The maximum absolute atomic E-state index is 5.36. The summed E-state index contributed by atoms with van der Waals surface area (Å²) in [5.74, 6) is 2.08. The zero-order valence-electron chi connectivity index (χ0n) is 17.3. The maximum atomic E-state index is 5.36. The summed E-state index contributed by atoms with van der Waals surface area (Å²) in [5, 5.41) is 9.72. The number of anilines is 1. The SMILES string of the molecule is CCNC(=NCCc1csc(-c2ccccc2)n1)Nc1ccc(OC)c(OC)c1.I. The van der Waals surface area contributed by atoms with Crippen LogP contribution in [0.25, 0.3) is 10.6 Å². The van der Waals surface area contributed by atoms with Crippen LogP contribution in [0.1, 0.15) is 12.6 Å². The van der Waals surface area contributed by atoms with Gasteiger partial charge in [0.1, 0.15) is 5.01 Å². The third-order valence-corrected chi connectivity index (χ3v) is 5.14. The molecular weight excluding hydrogens is 511 g/mol. The summed E-state index contributed by atoms with van der Waals surface area (Å²) < 4.78 is 10.7. The summed E-state index contributed by atoms with van der Waals surface area (Å²) in [6, 6.07) is 15.9. The van der Waals surface area contributed by atoms with Crippen LogP contribution in [0.5, 0.6) is 11.5 Å². The second kappa shape index (κ2) is 12.4. The van der Waals surface area contributed by atoms with Gasteiger partial charge in [0.25, 0.3) is 0 Å². The lowest BCUT2D eigenvalue weighted by molar-refractivity contribution is 0.355. The first-order chi connectivity index (χ1) is 14.2. The molecule has 2 aromatic carbocycles. The summed E-state index contributed by atoms with van der Waals surface area (Å²) >= 11 is 1.67. The number of nitrogens with one attached hydrogen (secondary N) is 2. The summed E-state index contributed by atoms with van der Waals surface area (Å²) in [6.07, 6.45) is 0.784. The van der Waals surface area contributed by atoms with Gasteiger partial charge in [-0.25, -0.2) is 4.98 Å². The van der Waals surface area contributed by atoms with Crippen molar-refractivity contribution in [2.45, 2.75) is 13.3 Å². The highest BCUT2D eigenvalue weighted by molar-refractivity contribution is 14.0. The smallest absolute Gasteiger partial charge is 0.195 e. The van der Waals surface area contributed by atoms with Crippen molar-refractivity contribution in [3.8, 4) is 22.1 Å². The highest BCUT2D eigenvalue weighted by atomic mass is 127. The topological polar surface area (TPSA) is 67.8 Å². The first-order valence-corrected chi connectivity index (χ1v) is 10.4. The fourth-order valence-corrected chi connectivity index (χ4v) is 3.64. The summed E-state index contributed by atoms with van der Waals surface area (Å²) in [6.45, 7) is 3.45. The van der Waals surface area contributed by atoms with E-state index in [1.807, 2.05) is 43.3 Å². The van der Waals surface area contributed by atoms with Gasteiger partial charge in [0, 0.05) is 42.2 Å². The minimum atomic E-state index is 0. The van der Waals surface area contributed by atoms with Crippen molar-refractivity contribution < 1.29 is 9.47 Å². The molecule has 2 N–H and O–H groups in total. The predicted octanol–water partition coefficient (Wildman–Crippen LogP) is 5.07. The molecule has 0 atom stereocenters. The zero-order valence-corrected chi connectivity index (χ0v) is 20.5.